The van der Waals surface area contributed by atoms with Gasteiger partial charge in [0, 0.05) is 32.1 Å². The predicted octanol–water partition coefficient (Wildman–Crippen LogP) is 3.11. The molecule has 0 aliphatic carbocycles. The van der Waals surface area contributed by atoms with Crippen LogP contribution in [-0.2, 0) is 4.84 Å². The van der Waals surface area contributed by atoms with E-state index in [0.29, 0.717) is 6.04 Å². The second-order valence-electron chi connectivity index (χ2n) is 6.85. The summed E-state index contributed by atoms with van der Waals surface area (Å²) in [4.78, 5) is 18.2. The van der Waals surface area contributed by atoms with Gasteiger partial charge in [-0.2, -0.15) is 0 Å². The molecule has 0 amide bonds. The van der Waals surface area contributed by atoms with Crippen LogP contribution in [0.25, 0.3) is 10.2 Å². The van der Waals surface area contributed by atoms with Crippen molar-refractivity contribution < 1.29 is 4.84 Å². The third-order valence-corrected chi connectivity index (χ3v) is 5.85. The highest BCUT2D eigenvalue weighted by atomic mass is 32.1. The normalized spacial score (nSPS) is 21.6. The number of fused-ring (bicyclic) bond motifs is 1. The summed E-state index contributed by atoms with van der Waals surface area (Å²) in [5.41, 5.74) is 1.18. The summed E-state index contributed by atoms with van der Waals surface area (Å²) in [5, 5.41) is 11.1. The summed E-state index contributed by atoms with van der Waals surface area (Å²) in [6.07, 6.45) is 4.43. The summed E-state index contributed by atoms with van der Waals surface area (Å²) < 4.78 is 0. The maximum Gasteiger partial charge on any atom is 0.145 e. The van der Waals surface area contributed by atoms with Gasteiger partial charge in [-0.25, -0.2) is 9.97 Å². The standard InChI is InChI=1S/C18H25N5OS/c1-3-13-10-15(24-22-13)11-19-14-4-7-23(8-5-14)17-16-6-9-25-18(16)21-12(2)20-17/h6,9,14-15,19H,3-5,7-8,10-11H2,1-2H3/t15-/m1/s1. The van der Waals surface area contributed by atoms with E-state index in [1.165, 1.54) is 11.1 Å². The first-order valence-corrected chi connectivity index (χ1v) is 10.0. The minimum absolute atomic E-state index is 0.211. The van der Waals surface area contributed by atoms with Crippen molar-refractivity contribution in [2.24, 2.45) is 5.16 Å². The fourth-order valence-corrected chi connectivity index (χ4v) is 4.39. The van der Waals surface area contributed by atoms with Crippen LogP contribution in [0.3, 0.4) is 0 Å². The number of anilines is 1. The Morgan fingerprint density at radius 3 is 2.92 bits per heavy atom. The van der Waals surface area contributed by atoms with Crippen LogP contribution < -0.4 is 10.2 Å². The van der Waals surface area contributed by atoms with Gasteiger partial charge in [-0.05, 0) is 37.6 Å². The average molecular weight is 359 g/mol. The lowest BCUT2D eigenvalue weighted by molar-refractivity contribution is 0.0818. The number of hydrogen-bond donors (Lipinski definition) is 1. The molecule has 2 aromatic heterocycles. The molecule has 1 fully saturated rings. The summed E-state index contributed by atoms with van der Waals surface area (Å²) in [6.45, 7) is 7.06. The molecule has 2 aromatic rings. The lowest BCUT2D eigenvalue weighted by Gasteiger charge is -2.34. The maximum absolute atomic E-state index is 5.49. The van der Waals surface area contributed by atoms with Gasteiger partial charge >= 0.3 is 0 Å². The minimum Gasteiger partial charge on any atom is -0.391 e. The monoisotopic (exact) mass is 359 g/mol. The number of hydrogen-bond acceptors (Lipinski definition) is 7. The molecule has 0 aromatic carbocycles. The predicted molar refractivity (Wildman–Crippen MR) is 103 cm³/mol. The molecule has 1 saturated heterocycles. The van der Waals surface area contributed by atoms with Crippen LogP contribution in [0, 0.1) is 6.92 Å². The molecule has 0 unspecified atom stereocenters. The van der Waals surface area contributed by atoms with Crippen molar-refractivity contribution in [3.05, 3.63) is 17.3 Å². The molecule has 4 rings (SSSR count). The number of nitrogens with one attached hydrogen (secondary N) is 1. The van der Waals surface area contributed by atoms with Gasteiger partial charge in [0.2, 0.25) is 0 Å². The van der Waals surface area contributed by atoms with E-state index in [2.05, 4.69) is 38.7 Å². The molecule has 4 heterocycles. The van der Waals surface area contributed by atoms with E-state index >= 15 is 0 Å². The second-order valence-corrected chi connectivity index (χ2v) is 7.74. The minimum atomic E-state index is 0.211. The molecule has 0 radical (unpaired) electrons. The Morgan fingerprint density at radius 2 is 2.16 bits per heavy atom. The second kappa shape index (κ2) is 7.25. The van der Waals surface area contributed by atoms with Crippen LogP contribution in [0.15, 0.2) is 16.6 Å². The SMILES string of the molecule is CCC1=NO[C@@H](CNC2CCN(c3nc(C)nc4sccc34)CC2)C1. The van der Waals surface area contributed by atoms with Crippen LogP contribution in [0.5, 0.6) is 0 Å². The van der Waals surface area contributed by atoms with Crippen LogP contribution in [0.2, 0.25) is 0 Å². The fraction of sp³-hybridized carbons (Fsp3) is 0.611. The number of aryl methyl sites for hydroxylation is 1. The number of nitrogens with zero attached hydrogens (tertiary/aromatic N) is 4. The summed E-state index contributed by atoms with van der Waals surface area (Å²) in [7, 11) is 0. The van der Waals surface area contributed by atoms with E-state index in [0.717, 1.165) is 61.8 Å². The molecule has 0 spiro atoms. The lowest BCUT2D eigenvalue weighted by atomic mass is 10.0. The zero-order chi connectivity index (χ0) is 17.2. The first-order valence-electron chi connectivity index (χ1n) is 9.14. The maximum atomic E-state index is 5.49. The highest BCUT2D eigenvalue weighted by Crippen LogP contribution is 2.29. The Morgan fingerprint density at radius 1 is 1.32 bits per heavy atom. The largest absolute Gasteiger partial charge is 0.391 e. The van der Waals surface area contributed by atoms with Crippen molar-refractivity contribution in [1.82, 2.24) is 15.3 Å². The molecule has 0 saturated carbocycles. The van der Waals surface area contributed by atoms with Crippen LogP contribution in [0.1, 0.15) is 38.4 Å². The molecular formula is C18H25N5OS. The Bertz CT molecular complexity index is 766. The average Bonchev–Trinajstić information content (AvgIpc) is 3.28. The highest BCUT2D eigenvalue weighted by molar-refractivity contribution is 7.16. The molecule has 1 atom stereocenters. The van der Waals surface area contributed by atoms with E-state index in [4.69, 9.17) is 9.82 Å². The van der Waals surface area contributed by atoms with Crippen molar-refractivity contribution >= 4 is 33.1 Å². The van der Waals surface area contributed by atoms with E-state index in [1.807, 2.05) is 6.92 Å². The molecule has 2 aliphatic rings. The Hall–Kier alpha value is -1.73. The van der Waals surface area contributed by atoms with E-state index < -0.39 is 0 Å². The zero-order valence-electron chi connectivity index (χ0n) is 14.9. The summed E-state index contributed by atoms with van der Waals surface area (Å²) >= 11 is 1.69. The molecule has 134 valence electrons. The van der Waals surface area contributed by atoms with Crippen molar-refractivity contribution in [3.63, 3.8) is 0 Å². The first-order chi connectivity index (χ1) is 12.2. The molecule has 1 N–H and O–H groups in total. The number of aromatic nitrogens is 2. The van der Waals surface area contributed by atoms with Gasteiger partial charge in [-0.3, -0.25) is 0 Å². The van der Waals surface area contributed by atoms with E-state index in [9.17, 15) is 0 Å². The zero-order valence-corrected chi connectivity index (χ0v) is 15.7. The summed E-state index contributed by atoms with van der Waals surface area (Å²) in [6, 6.07) is 2.69. The van der Waals surface area contributed by atoms with Gasteiger partial charge in [0.25, 0.3) is 0 Å². The van der Waals surface area contributed by atoms with Gasteiger partial charge in [-0.15, -0.1) is 11.3 Å². The number of thiophene rings is 1. The fourth-order valence-electron chi connectivity index (χ4n) is 3.58. The van der Waals surface area contributed by atoms with E-state index in [-0.39, 0.29) is 6.10 Å². The van der Waals surface area contributed by atoms with Crippen molar-refractivity contribution in [2.75, 3.05) is 24.5 Å². The van der Waals surface area contributed by atoms with Crippen molar-refractivity contribution in [1.29, 1.82) is 0 Å². The number of piperidine rings is 1. The number of rotatable bonds is 5. The topological polar surface area (TPSA) is 62.6 Å². The lowest BCUT2D eigenvalue weighted by Crippen LogP contribution is -2.45. The molecule has 25 heavy (non-hydrogen) atoms. The first kappa shape index (κ1) is 16.7. The third kappa shape index (κ3) is 3.62. The summed E-state index contributed by atoms with van der Waals surface area (Å²) in [5.74, 6) is 1.96. The van der Waals surface area contributed by atoms with Gasteiger partial charge in [-0.1, -0.05) is 12.1 Å². The highest BCUT2D eigenvalue weighted by Gasteiger charge is 2.25. The molecule has 0 bridgehead atoms. The Kier molecular flexibility index (Phi) is 4.85. The van der Waals surface area contributed by atoms with Crippen LogP contribution >= 0.6 is 11.3 Å². The van der Waals surface area contributed by atoms with E-state index in [1.54, 1.807) is 11.3 Å². The van der Waals surface area contributed by atoms with Crippen molar-refractivity contribution in [3.8, 4) is 0 Å². The van der Waals surface area contributed by atoms with Gasteiger partial charge in [0.1, 0.15) is 22.6 Å². The van der Waals surface area contributed by atoms with Gasteiger partial charge < -0.3 is 15.1 Å². The molecule has 7 heteroatoms. The Balaban J connectivity index is 1.32. The molecule has 6 nitrogen and oxygen atoms in total. The third-order valence-electron chi connectivity index (χ3n) is 5.05. The molecular weight excluding hydrogens is 334 g/mol. The Labute approximate surface area is 152 Å². The van der Waals surface area contributed by atoms with Gasteiger partial charge in [0.15, 0.2) is 0 Å². The quantitative estimate of drug-likeness (QED) is 0.889. The van der Waals surface area contributed by atoms with Crippen LogP contribution in [0.4, 0.5) is 5.82 Å². The van der Waals surface area contributed by atoms with Gasteiger partial charge in [0.05, 0.1) is 11.1 Å². The smallest absolute Gasteiger partial charge is 0.145 e. The van der Waals surface area contributed by atoms with Crippen molar-refractivity contribution in [2.45, 2.75) is 51.7 Å². The van der Waals surface area contributed by atoms with Crippen LogP contribution in [-0.4, -0.2) is 47.5 Å². The number of oxime groups is 1. The molecule has 2 aliphatic heterocycles.